The zero-order chi connectivity index (χ0) is 64.1. The number of imidazole rings is 2. The molecule has 39 heteroatoms. The predicted molar refractivity (Wildman–Crippen MR) is 311 cm³/mol. The molecule has 0 spiro atoms. The van der Waals surface area contributed by atoms with Crippen molar-refractivity contribution in [2.45, 2.75) is 113 Å². The monoisotopic (exact) mass is 1290 g/mol. The maximum Gasteiger partial charge on any atom is 0.490 e. The summed E-state index contributed by atoms with van der Waals surface area (Å²) in [5, 5.41) is 21.6. The number of guanidine groups is 1. The first-order valence-electron chi connectivity index (χ1n) is 26.7. The molecule has 0 aliphatic carbocycles. The van der Waals surface area contributed by atoms with E-state index in [0.717, 1.165) is 36.8 Å². The van der Waals surface area contributed by atoms with Crippen molar-refractivity contribution in [3.8, 4) is 0 Å². The zero-order valence-electron chi connectivity index (χ0n) is 46.7. The van der Waals surface area contributed by atoms with Crippen LogP contribution in [-0.4, -0.2) is 191 Å². The van der Waals surface area contributed by atoms with Crippen molar-refractivity contribution >= 4 is 123 Å². The Hall–Kier alpha value is -8.10. The second-order valence-electron chi connectivity index (χ2n) is 18.9. The van der Waals surface area contributed by atoms with Crippen LogP contribution in [0.3, 0.4) is 0 Å². The minimum absolute atomic E-state index is 0.000271. The molecule has 0 radical (unpaired) electrons. The van der Waals surface area contributed by atoms with Gasteiger partial charge in [0.1, 0.15) is 50.5 Å². The molecule has 87 heavy (non-hydrogen) atoms. The fourth-order valence-corrected chi connectivity index (χ4v) is 10.5. The van der Waals surface area contributed by atoms with Crippen LogP contribution >= 0.6 is 35.1 Å². The van der Waals surface area contributed by atoms with Gasteiger partial charge in [-0.1, -0.05) is 12.8 Å². The molecule has 0 bridgehead atoms. The highest BCUT2D eigenvalue weighted by Crippen LogP contribution is 2.33. The van der Waals surface area contributed by atoms with Gasteiger partial charge in [0, 0.05) is 48.8 Å². The van der Waals surface area contributed by atoms with Gasteiger partial charge >= 0.3 is 30.1 Å². The second-order valence-corrected chi connectivity index (χ2v) is 21.4. The third-order valence-corrected chi connectivity index (χ3v) is 14.9. The number of urea groups is 1. The highest BCUT2D eigenvalue weighted by molar-refractivity contribution is 8.00. The van der Waals surface area contributed by atoms with E-state index in [0.29, 0.717) is 55.1 Å². The Labute approximate surface area is 506 Å². The number of carbonyl (C=O) groups excluding carboxylic acids is 7. The summed E-state index contributed by atoms with van der Waals surface area (Å²) in [6.07, 6.45) is 3.36. The summed E-state index contributed by atoms with van der Waals surface area (Å²) >= 11 is 8.14. The molecule has 5 atom stereocenters. The van der Waals surface area contributed by atoms with Gasteiger partial charge in [-0.15, -0.1) is 23.4 Å². The van der Waals surface area contributed by atoms with E-state index in [-0.39, 0.29) is 135 Å². The lowest BCUT2D eigenvalue weighted by Crippen LogP contribution is -2.53. The van der Waals surface area contributed by atoms with Crippen molar-refractivity contribution in [3.63, 3.8) is 0 Å². The SMILES string of the molecule is NC(=O)[C@H](CSCC(=O)OCCOCn1cnc2c(=O)[nH]c(N)cc21)NC(=O)C(CCCN=C(N)N)NC(=O)CCCCCNC(=O)CCCC[C@@H]1SC[C@@H]2NC(=O)N[C@@H]21.Nc1nc2c(ncn2COCCOC(=O)CCl)c(=O)[nH]1.O=C(O)C(F)(F)F. The van der Waals surface area contributed by atoms with Crippen molar-refractivity contribution in [1.82, 2.24) is 60.6 Å². The second kappa shape index (κ2) is 36.8. The molecule has 6 rings (SSSR count). The molecule has 4 aromatic heterocycles. The van der Waals surface area contributed by atoms with Gasteiger partial charge in [0.05, 0.1) is 49.2 Å². The Balaban J connectivity index is 0.000000490. The van der Waals surface area contributed by atoms with Gasteiger partial charge in [0.25, 0.3) is 11.1 Å². The number of alkyl halides is 4. The molecule has 482 valence electrons. The third-order valence-electron chi connectivity index (χ3n) is 12.2. The Kier molecular flexibility index (Phi) is 30.2. The molecular formula is C48H70ClF3N18O15S2. The number of primary amides is 1. The van der Waals surface area contributed by atoms with Crippen LogP contribution in [0.1, 0.15) is 64.2 Å². The number of H-pyrrole nitrogens is 2. The van der Waals surface area contributed by atoms with E-state index in [9.17, 15) is 56.3 Å². The summed E-state index contributed by atoms with van der Waals surface area (Å²) in [4.78, 5) is 138. The van der Waals surface area contributed by atoms with Crippen LogP contribution in [0.2, 0.25) is 0 Å². The fourth-order valence-electron chi connectivity index (χ4n) is 8.04. The summed E-state index contributed by atoms with van der Waals surface area (Å²) in [7, 11) is 0. The first-order valence-corrected chi connectivity index (χ1v) is 29.4. The number of amides is 6. The average Bonchev–Trinajstić information content (AvgIpc) is 2.02. The van der Waals surface area contributed by atoms with Gasteiger partial charge in [0.2, 0.25) is 29.6 Å². The van der Waals surface area contributed by atoms with E-state index in [1.54, 1.807) is 10.6 Å². The number of aromatic amines is 2. The molecule has 0 saturated carbocycles. The van der Waals surface area contributed by atoms with Crippen molar-refractivity contribution in [2.24, 2.45) is 22.2 Å². The number of hydrogen-bond acceptors (Lipinski definition) is 22. The number of nitrogens with zero attached hydrogens (tertiary/aromatic N) is 6. The third kappa shape index (κ3) is 25.8. The topological polar surface area (TPSA) is 511 Å². The van der Waals surface area contributed by atoms with Crippen LogP contribution in [0.5, 0.6) is 0 Å². The number of ether oxygens (including phenoxy) is 4. The van der Waals surface area contributed by atoms with Crippen molar-refractivity contribution in [2.75, 3.05) is 74.1 Å². The molecule has 6 heterocycles. The lowest BCUT2D eigenvalue weighted by molar-refractivity contribution is -0.192. The largest absolute Gasteiger partial charge is 0.490 e. The summed E-state index contributed by atoms with van der Waals surface area (Å²) in [5.41, 5.74) is 27.9. The van der Waals surface area contributed by atoms with Gasteiger partial charge in [-0.05, 0) is 38.5 Å². The van der Waals surface area contributed by atoms with Crippen LogP contribution in [0.25, 0.3) is 22.2 Å². The van der Waals surface area contributed by atoms with Crippen molar-refractivity contribution in [1.29, 1.82) is 0 Å². The Morgan fingerprint density at radius 1 is 0.828 bits per heavy atom. The first kappa shape index (κ1) is 71.4. The predicted octanol–water partition coefficient (Wildman–Crippen LogP) is -1.44. The standard InChI is InChI=1S/C36H57N13O9S2.C10H12ClN5O4.C2HF3O2/c37-26-15-24-31(34(55)47-26)43-19-49(24)20-57-13-14-58-29(52)18-59-16-23(32(38)53)45-33(54)21(7-6-12-42-35(39)40)44-28(51)10-2-1-5-11-41-27(50)9-4-3-8-25-30-22(17-60-25)46-36(56)48-30;11-3-6(17)20-2-1-19-5-16-4-13-7-8(16)14-10(12)15-9(7)18;3-2(4,5)1(6)7/h15,19,21-23,25,30H,1-14,16-18,20H2,(H2,38,53)(H,41,50)(H,44,51)(H,45,54)(H3,37,47,55)(H4,39,40,42)(H2,46,48,56);4H,1-3,5H2,(H3,12,14,15,18);(H,6,7)/t21?,22-,23-,25-,30-;;/m0../s1. The average molecular weight is 1300 g/mol. The number of esters is 2. The number of aromatic nitrogens is 7. The summed E-state index contributed by atoms with van der Waals surface area (Å²) in [6, 6.07) is -0.358. The number of carbonyl (C=O) groups is 8. The minimum atomic E-state index is -5.08. The van der Waals surface area contributed by atoms with Gasteiger partial charge < -0.3 is 88.9 Å². The molecule has 2 aliphatic heterocycles. The normalized spacial score (nSPS) is 15.7. The molecule has 4 aromatic rings. The number of carboxylic acid groups (broad SMARTS) is 1. The molecule has 6 amide bonds. The molecule has 18 N–H and O–H groups in total. The molecule has 2 aliphatic rings. The molecule has 0 aromatic carbocycles. The smallest absolute Gasteiger partial charge is 0.475 e. The van der Waals surface area contributed by atoms with Crippen molar-refractivity contribution < 1.29 is 75.6 Å². The van der Waals surface area contributed by atoms with E-state index in [4.69, 9.17) is 69.1 Å². The van der Waals surface area contributed by atoms with E-state index < -0.39 is 59.1 Å². The number of aliphatic carboxylic acids is 1. The highest BCUT2D eigenvalue weighted by Gasteiger charge is 2.42. The molecule has 1 unspecified atom stereocenters. The lowest BCUT2D eigenvalue weighted by Gasteiger charge is -2.22. The number of pyridine rings is 1. The van der Waals surface area contributed by atoms with Crippen LogP contribution in [0.15, 0.2) is 33.3 Å². The number of hydrogen-bond donors (Lipinski definition) is 13. The summed E-state index contributed by atoms with van der Waals surface area (Å²) in [6.45, 7) is 1.10. The number of fused-ring (bicyclic) bond motifs is 3. The van der Waals surface area contributed by atoms with Gasteiger partial charge in [-0.2, -0.15) is 29.9 Å². The van der Waals surface area contributed by atoms with E-state index >= 15 is 0 Å². The van der Waals surface area contributed by atoms with E-state index in [1.807, 2.05) is 11.8 Å². The number of thioether (sulfide) groups is 2. The summed E-state index contributed by atoms with van der Waals surface area (Å²) in [5.74, 6) is -5.09. The van der Waals surface area contributed by atoms with E-state index in [1.165, 1.54) is 17.2 Å². The van der Waals surface area contributed by atoms with Crippen LogP contribution in [0, 0.1) is 0 Å². The summed E-state index contributed by atoms with van der Waals surface area (Å²) < 4.78 is 55.5. The van der Waals surface area contributed by atoms with E-state index in [2.05, 4.69) is 56.5 Å². The molecule has 2 saturated heterocycles. The molecule has 33 nitrogen and oxygen atoms in total. The van der Waals surface area contributed by atoms with Crippen molar-refractivity contribution in [3.05, 3.63) is 39.4 Å². The number of anilines is 2. The Morgan fingerprint density at radius 2 is 1.47 bits per heavy atom. The zero-order valence-corrected chi connectivity index (χ0v) is 49.1. The Bertz CT molecular complexity index is 3110. The quantitative estimate of drug-likeness (QED) is 0.00636. The van der Waals surface area contributed by atoms with Crippen LogP contribution in [-0.2, 0) is 66.0 Å². The maximum absolute atomic E-state index is 13.3. The highest BCUT2D eigenvalue weighted by atomic mass is 35.5. The maximum atomic E-state index is 13.3. The lowest BCUT2D eigenvalue weighted by atomic mass is 10.0. The Morgan fingerprint density at radius 3 is 2.15 bits per heavy atom. The number of unbranched alkanes of at least 4 members (excludes halogenated alkanes) is 3. The van der Waals surface area contributed by atoms with Gasteiger partial charge in [-0.25, -0.2) is 19.6 Å². The molecular weight excluding hydrogens is 1230 g/mol. The molecule has 2 fully saturated rings. The fraction of sp³-hybridized carbons (Fsp3) is 0.583. The number of halogens is 4. The minimum Gasteiger partial charge on any atom is -0.475 e. The number of nitrogen functional groups attached to an aromatic ring is 2. The number of aliphatic imine (C=N–C) groups is 1. The number of rotatable bonds is 34. The first-order chi connectivity index (χ1) is 41.4. The number of carboxylic acids is 1. The number of nitrogens with one attached hydrogen (secondary N) is 7. The number of nitrogens with two attached hydrogens (primary N) is 5. The van der Waals surface area contributed by atoms with Crippen LogP contribution < -0.4 is 66.4 Å². The van der Waals surface area contributed by atoms with Gasteiger partial charge in [-0.3, -0.25) is 52.9 Å². The van der Waals surface area contributed by atoms with Gasteiger partial charge in [0.15, 0.2) is 22.6 Å². The van der Waals surface area contributed by atoms with Crippen LogP contribution in [0.4, 0.5) is 29.7 Å².